The van der Waals surface area contributed by atoms with Crippen LogP contribution in [0.3, 0.4) is 0 Å². The van der Waals surface area contributed by atoms with E-state index in [1.807, 2.05) is 49.4 Å². The summed E-state index contributed by atoms with van der Waals surface area (Å²) in [5.41, 5.74) is 1.50. The molecule has 0 aliphatic heterocycles. The van der Waals surface area contributed by atoms with E-state index in [-0.39, 0.29) is 12.5 Å². The summed E-state index contributed by atoms with van der Waals surface area (Å²) >= 11 is 5.29. The quantitative estimate of drug-likeness (QED) is 0.560. The predicted octanol–water partition coefficient (Wildman–Crippen LogP) is 4.04. The number of H-pyrrole nitrogens is 1. The van der Waals surface area contributed by atoms with Crippen LogP contribution in [0.4, 0.5) is 5.69 Å². The molecule has 28 heavy (non-hydrogen) atoms. The third kappa shape index (κ3) is 4.77. The Kier molecular flexibility index (Phi) is 6.44. The molecule has 2 N–H and O–H groups in total. The molecule has 0 atom stereocenters. The average molecular weight is 398 g/mol. The smallest absolute Gasteiger partial charge is 0.244 e. The summed E-state index contributed by atoms with van der Waals surface area (Å²) in [7, 11) is 1.61. The van der Waals surface area contributed by atoms with Crippen molar-refractivity contribution in [1.29, 1.82) is 0 Å². The minimum atomic E-state index is -0.208. The maximum absolute atomic E-state index is 12.6. The molecular weight excluding hydrogens is 376 g/mol. The number of aromatic nitrogens is 3. The fraction of sp³-hybridized carbons (Fsp3) is 0.250. The number of benzene rings is 2. The van der Waals surface area contributed by atoms with Crippen LogP contribution in [0.1, 0.15) is 13.3 Å². The number of hydrogen-bond acceptors (Lipinski definition) is 5. The van der Waals surface area contributed by atoms with Crippen LogP contribution >= 0.6 is 12.2 Å². The third-order valence-electron chi connectivity index (χ3n) is 4.00. The number of carbonyl (C=O) groups is 1. The van der Waals surface area contributed by atoms with Gasteiger partial charge in [-0.1, -0.05) is 13.0 Å². The summed E-state index contributed by atoms with van der Waals surface area (Å²) in [6, 6.07) is 14.7. The molecule has 146 valence electrons. The number of ether oxygens (including phenoxy) is 2. The molecule has 0 unspecified atom stereocenters. The summed E-state index contributed by atoms with van der Waals surface area (Å²) in [6.45, 7) is 2.71. The second kappa shape index (κ2) is 9.18. The second-order valence-corrected chi connectivity index (χ2v) is 6.48. The van der Waals surface area contributed by atoms with E-state index in [2.05, 4.69) is 15.5 Å². The first-order chi connectivity index (χ1) is 13.6. The lowest BCUT2D eigenvalue weighted by molar-refractivity contribution is -0.116. The van der Waals surface area contributed by atoms with Gasteiger partial charge in [0, 0.05) is 17.3 Å². The van der Waals surface area contributed by atoms with Gasteiger partial charge < -0.3 is 14.8 Å². The number of nitrogens with zero attached hydrogens (tertiary/aromatic N) is 2. The van der Waals surface area contributed by atoms with Crippen LogP contribution in [0, 0.1) is 4.77 Å². The number of aromatic amines is 1. The van der Waals surface area contributed by atoms with Crippen molar-refractivity contribution in [1.82, 2.24) is 14.8 Å². The number of methoxy groups -OCH3 is 1. The summed E-state index contributed by atoms with van der Waals surface area (Å²) in [6.07, 6.45) is 0.920. The largest absolute Gasteiger partial charge is 0.497 e. The zero-order valence-electron chi connectivity index (χ0n) is 15.8. The molecule has 0 aliphatic rings. The first-order valence-electron chi connectivity index (χ1n) is 8.93. The Morgan fingerprint density at radius 2 is 2.00 bits per heavy atom. The highest BCUT2D eigenvalue weighted by atomic mass is 32.1. The highest BCUT2D eigenvalue weighted by molar-refractivity contribution is 7.71. The van der Waals surface area contributed by atoms with Crippen molar-refractivity contribution in [2.75, 3.05) is 19.0 Å². The van der Waals surface area contributed by atoms with Gasteiger partial charge in [0.25, 0.3) is 0 Å². The van der Waals surface area contributed by atoms with E-state index in [1.165, 1.54) is 0 Å². The van der Waals surface area contributed by atoms with Gasteiger partial charge in [0.05, 0.1) is 13.7 Å². The Hall–Kier alpha value is -3.13. The van der Waals surface area contributed by atoms with Crippen LogP contribution in [0.25, 0.3) is 11.4 Å². The lowest BCUT2D eigenvalue weighted by Gasteiger charge is -2.10. The second-order valence-electron chi connectivity index (χ2n) is 6.09. The van der Waals surface area contributed by atoms with E-state index in [0.29, 0.717) is 22.9 Å². The van der Waals surface area contributed by atoms with E-state index in [1.54, 1.807) is 17.7 Å². The van der Waals surface area contributed by atoms with Crippen LogP contribution in [-0.2, 0) is 11.3 Å². The van der Waals surface area contributed by atoms with Gasteiger partial charge in [0.15, 0.2) is 10.6 Å². The van der Waals surface area contributed by atoms with E-state index >= 15 is 0 Å². The van der Waals surface area contributed by atoms with E-state index in [9.17, 15) is 4.79 Å². The number of carbonyl (C=O) groups excluding carboxylic acids is 1. The van der Waals surface area contributed by atoms with Gasteiger partial charge in [0.1, 0.15) is 18.0 Å². The zero-order valence-corrected chi connectivity index (χ0v) is 16.6. The molecule has 1 amide bonds. The van der Waals surface area contributed by atoms with Crippen molar-refractivity contribution in [3.05, 3.63) is 53.3 Å². The van der Waals surface area contributed by atoms with Crippen molar-refractivity contribution in [3.8, 4) is 22.9 Å². The van der Waals surface area contributed by atoms with Crippen molar-refractivity contribution >= 4 is 23.8 Å². The van der Waals surface area contributed by atoms with Gasteiger partial charge >= 0.3 is 0 Å². The van der Waals surface area contributed by atoms with Crippen molar-refractivity contribution in [2.45, 2.75) is 19.9 Å². The van der Waals surface area contributed by atoms with Crippen LogP contribution in [-0.4, -0.2) is 34.4 Å². The minimum Gasteiger partial charge on any atom is -0.497 e. The van der Waals surface area contributed by atoms with E-state index in [0.717, 1.165) is 23.5 Å². The molecule has 7 nitrogen and oxygen atoms in total. The van der Waals surface area contributed by atoms with Crippen molar-refractivity contribution < 1.29 is 14.3 Å². The summed E-state index contributed by atoms with van der Waals surface area (Å²) in [5.74, 6) is 1.84. The topological polar surface area (TPSA) is 81.2 Å². The Morgan fingerprint density at radius 3 is 2.71 bits per heavy atom. The fourth-order valence-corrected chi connectivity index (χ4v) is 2.85. The van der Waals surface area contributed by atoms with Gasteiger partial charge in [-0.05, 0) is 55.0 Å². The Morgan fingerprint density at radius 1 is 1.21 bits per heavy atom. The number of nitrogens with one attached hydrogen (secondary N) is 2. The molecule has 0 aliphatic carbocycles. The molecule has 8 heteroatoms. The van der Waals surface area contributed by atoms with E-state index < -0.39 is 0 Å². The van der Waals surface area contributed by atoms with Gasteiger partial charge in [0.2, 0.25) is 5.91 Å². The number of hydrogen-bond donors (Lipinski definition) is 2. The molecule has 3 rings (SSSR count). The average Bonchev–Trinajstić information content (AvgIpc) is 3.07. The fourth-order valence-electron chi connectivity index (χ4n) is 2.65. The molecule has 1 heterocycles. The predicted molar refractivity (Wildman–Crippen MR) is 110 cm³/mol. The van der Waals surface area contributed by atoms with Gasteiger partial charge in [-0.15, -0.1) is 0 Å². The van der Waals surface area contributed by atoms with Gasteiger partial charge in [-0.25, -0.2) is 0 Å². The molecule has 1 aromatic heterocycles. The standard InChI is InChI=1S/C20H22N4O3S/c1-3-11-27-17-6-4-5-15(12-17)21-18(25)13-24-19(22-23-20(24)28)14-7-9-16(26-2)10-8-14/h4-10,12H,3,11,13H2,1-2H3,(H,21,25)(H,23,28). The van der Waals surface area contributed by atoms with Gasteiger partial charge in [-0.2, -0.15) is 5.10 Å². The summed E-state index contributed by atoms with van der Waals surface area (Å²) in [4.78, 5) is 12.6. The maximum Gasteiger partial charge on any atom is 0.244 e. The highest BCUT2D eigenvalue weighted by Gasteiger charge is 2.13. The first-order valence-corrected chi connectivity index (χ1v) is 9.34. The van der Waals surface area contributed by atoms with Crippen LogP contribution in [0.15, 0.2) is 48.5 Å². The molecular formula is C20H22N4O3S. The SMILES string of the molecule is CCCOc1cccc(NC(=O)Cn2c(-c3ccc(OC)cc3)n[nH]c2=S)c1. The molecule has 3 aromatic rings. The third-order valence-corrected chi connectivity index (χ3v) is 4.31. The highest BCUT2D eigenvalue weighted by Crippen LogP contribution is 2.21. The molecule has 0 saturated carbocycles. The molecule has 0 saturated heterocycles. The van der Waals surface area contributed by atoms with E-state index in [4.69, 9.17) is 21.7 Å². The number of anilines is 1. The lowest BCUT2D eigenvalue weighted by atomic mass is 10.2. The van der Waals surface area contributed by atoms with Crippen molar-refractivity contribution in [2.24, 2.45) is 0 Å². The van der Waals surface area contributed by atoms with Crippen LogP contribution in [0.5, 0.6) is 11.5 Å². The molecule has 0 bridgehead atoms. The lowest BCUT2D eigenvalue weighted by Crippen LogP contribution is -2.19. The van der Waals surface area contributed by atoms with Crippen molar-refractivity contribution in [3.63, 3.8) is 0 Å². The molecule has 2 aromatic carbocycles. The summed E-state index contributed by atoms with van der Waals surface area (Å²) in [5, 5.41) is 9.88. The normalized spacial score (nSPS) is 10.5. The summed E-state index contributed by atoms with van der Waals surface area (Å²) < 4.78 is 12.8. The number of amides is 1. The monoisotopic (exact) mass is 398 g/mol. The van der Waals surface area contributed by atoms with Crippen LogP contribution < -0.4 is 14.8 Å². The molecule has 0 radical (unpaired) electrons. The molecule has 0 spiro atoms. The Balaban J connectivity index is 1.74. The molecule has 0 fully saturated rings. The zero-order chi connectivity index (χ0) is 19.9. The minimum absolute atomic E-state index is 0.0384. The maximum atomic E-state index is 12.6. The Labute approximate surface area is 168 Å². The first kappa shape index (κ1) is 19.6. The van der Waals surface area contributed by atoms with Gasteiger partial charge in [-0.3, -0.25) is 14.5 Å². The van der Waals surface area contributed by atoms with Crippen LogP contribution in [0.2, 0.25) is 0 Å². The Bertz CT molecular complexity index is 995. The number of rotatable bonds is 8.